The summed E-state index contributed by atoms with van der Waals surface area (Å²) >= 11 is 0. The van der Waals surface area contributed by atoms with Crippen LogP contribution in [0.25, 0.3) is 22.4 Å². The first-order chi connectivity index (χ1) is 10.3. The molecule has 0 saturated heterocycles. The number of hydrogen-bond acceptors (Lipinski definition) is 3. The summed E-state index contributed by atoms with van der Waals surface area (Å²) in [6.45, 7) is 0. The molecular weight excluding hydrogens is 271 g/mol. The minimum atomic E-state index is -0.486. The minimum absolute atomic E-state index is 0.159. The van der Waals surface area contributed by atoms with E-state index in [1.807, 2.05) is 6.07 Å². The Morgan fingerprint density at radius 3 is 2.62 bits per heavy atom. The van der Waals surface area contributed by atoms with E-state index in [0.717, 1.165) is 0 Å². The molecule has 0 atom stereocenters. The molecule has 4 rings (SSSR count). The van der Waals surface area contributed by atoms with Crippen LogP contribution in [0.5, 0.6) is 0 Å². The standard InChI is InChI=1S/C15H9FN4O/c16-11-6-2-4-8-13(11)20-14(21)10-5-1-3-7-12(10)19-9-17-18-15(19)20/h1-9H. The van der Waals surface area contributed by atoms with Crippen molar-refractivity contribution in [2.45, 2.75) is 0 Å². The Kier molecular flexibility index (Phi) is 2.38. The van der Waals surface area contributed by atoms with Crippen LogP contribution in [0.4, 0.5) is 4.39 Å². The van der Waals surface area contributed by atoms with Crippen LogP contribution < -0.4 is 5.56 Å². The molecule has 0 aliphatic rings. The van der Waals surface area contributed by atoms with Crippen molar-refractivity contribution in [1.29, 1.82) is 0 Å². The number of benzene rings is 2. The smallest absolute Gasteiger partial charge is 0.267 e. The fourth-order valence-electron chi connectivity index (χ4n) is 2.48. The lowest BCUT2D eigenvalue weighted by atomic mass is 10.2. The Hall–Kier alpha value is -3.02. The summed E-state index contributed by atoms with van der Waals surface area (Å²) in [5, 5.41) is 8.28. The first-order valence-corrected chi connectivity index (χ1v) is 6.36. The van der Waals surface area contributed by atoms with Crippen LogP contribution in [0.2, 0.25) is 0 Å². The molecule has 2 aromatic heterocycles. The van der Waals surface area contributed by atoms with Crippen molar-refractivity contribution in [2.75, 3.05) is 0 Å². The summed E-state index contributed by atoms with van der Waals surface area (Å²) in [7, 11) is 0. The van der Waals surface area contributed by atoms with Gasteiger partial charge in [-0.25, -0.2) is 8.96 Å². The molecule has 0 radical (unpaired) electrons. The van der Waals surface area contributed by atoms with Gasteiger partial charge in [0.2, 0.25) is 5.78 Å². The van der Waals surface area contributed by atoms with Gasteiger partial charge in [0, 0.05) is 0 Å². The van der Waals surface area contributed by atoms with E-state index in [1.54, 1.807) is 40.8 Å². The maximum Gasteiger partial charge on any atom is 0.267 e. The van der Waals surface area contributed by atoms with E-state index < -0.39 is 5.82 Å². The molecule has 21 heavy (non-hydrogen) atoms. The van der Waals surface area contributed by atoms with Crippen molar-refractivity contribution < 1.29 is 4.39 Å². The average Bonchev–Trinajstić information content (AvgIpc) is 2.99. The highest BCUT2D eigenvalue weighted by molar-refractivity contribution is 5.80. The van der Waals surface area contributed by atoms with Crippen molar-refractivity contribution >= 4 is 16.7 Å². The highest BCUT2D eigenvalue weighted by atomic mass is 19.1. The molecule has 0 amide bonds. The lowest BCUT2D eigenvalue weighted by Crippen LogP contribution is -2.22. The summed E-state index contributed by atoms with van der Waals surface area (Å²) in [6.07, 6.45) is 1.51. The third-order valence-electron chi connectivity index (χ3n) is 3.42. The molecule has 0 fully saturated rings. The lowest BCUT2D eigenvalue weighted by molar-refractivity contribution is 0.617. The molecule has 5 nitrogen and oxygen atoms in total. The van der Waals surface area contributed by atoms with E-state index in [9.17, 15) is 9.18 Å². The van der Waals surface area contributed by atoms with Gasteiger partial charge in [0.05, 0.1) is 16.6 Å². The quantitative estimate of drug-likeness (QED) is 0.537. The molecule has 2 heterocycles. The summed E-state index contributed by atoms with van der Waals surface area (Å²) in [5.74, 6) is -0.205. The van der Waals surface area contributed by atoms with E-state index in [4.69, 9.17) is 0 Å². The molecule has 0 N–H and O–H groups in total. The first kappa shape index (κ1) is 11.8. The van der Waals surface area contributed by atoms with E-state index in [2.05, 4.69) is 10.2 Å². The topological polar surface area (TPSA) is 52.2 Å². The minimum Gasteiger partial charge on any atom is -0.268 e. The molecule has 0 unspecified atom stereocenters. The zero-order valence-corrected chi connectivity index (χ0v) is 10.8. The lowest BCUT2D eigenvalue weighted by Gasteiger charge is -2.10. The molecule has 0 saturated carbocycles. The van der Waals surface area contributed by atoms with Gasteiger partial charge in [0.1, 0.15) is 12.1 Å². The molecule has 0 spiro atoms. The van der Waals surface area contributed by atoms with Crippen molar-refractivity contribution in [2.24, 2.45) is 0 Å². The predicted molar refractivity (Wildman–Crippen MR) is 76.0 cm³/mol. The van der Waals surface area contributed by atoms with Crippen LogP contribution in [0.15, 0.2) is 59.7 Å². The predicted octanol–water partition coefficient (Wildman–Crippen LogP) is 2.17. The van der Waals surface area contributed by atoms with Crippen molar-refractivity contribution in [3.8, 4) is 5.69 Å². The van der Waals surface area contributed by atoms with Gasteiger partial charge in [-0.3, -0.25) is 9.20 Å². The normalized spacial score (nSPS) is 11.3. The zero-order chi connectivity index (χ0) is 14.4. The zero-order valence-electron chi connectivity index (χ0n) is 10.8. The van der Waals surface area contributed by atoms with Gasteiger partial charge in [0.25, 0.3) is 5.56 Å². The van der Waals surface area contributed by atoms with Crippen molar-refractivity contribution in [3.05, 3.63) is 71.0 Å². The SMILES string of the molecule is O=c1c2ccccc2n2cnnc2n1-c1ccccc1F. The molecule has 0 bridgehead atoms. The van der Waals surface area contributed by atoms with Gasteiger partial charge in [-0.1, -0.05) is 24.3 Å². The first-order valence-electron chi connectivity index (χ1n) is 6.36. The summed E-state index contributed by atoms with van der Waals surface area (Å²) in [6, 6.07) is 13.2. The van der Waals surface area contributed by atoms with Crippen LogP contribution in [-0.2, 0) is 0 Å². The third kappa shape index (κ3) is 1.59. The maximum atomic E-state index is 14.1. The van der Waals surface area contributed by atoms with Crippen LogP contribution in [0.1, 0.15) is 0 Å². The van der Waals surface area contributed by atoms with Crippen LogP contribution in [-0.4, -0.2) is 19.2 Å². The molecule has 2 aromatic carbocycles. The number of halogens is 1. The Bertz CT molecular complexity index is 1030. The Morgan fingerprint density at radius 1 is 1.00 bits per heavy atom. The maximum absolute atomic E-state index is 14.1. The second-order valence-corrected chi connectivity index (χ2v) is 4.61. The third-order valence-corrected chi connectivity index (χ3v) is 3.42. The van der Waals surface area contributed by atoms with Gasteiger partial charge in [-0.15, -0.1) is 10.2 Å². The Morgan fingerprint density at radius 2 is 1.76 bits per heavy atom. The van der Waals surface area contributed by atoms with Crippen LogP contribution in [0, 0.1) is 5.82 Å². The molecule has 0 aliphatic heterocycles. The molecular formula is C15H9FN4O. The van der Waals surface area contributed by atoms with Crippen LogP contribution >= 0.6 is 0 Å². The second kappa shape index (κ2) is 4.24. The molecule has 0 aliphatic carbocycles. The van der Waals surface area contributed by atoms with E-state index in [-0.39, 0.29) is 17.0 Å². The van der Waals surface area contributed by atoms with Gasteiger partial charge in [0.15, 0.2) is 0 Å². The summed E-state index contributed by atoms with van der Waals surface area (Å²) in [4.78, 5) is 12.7. The molecule has 6 heteroatoms. The highest BCUT2D eigenvalue weighted by Gasteiger charge is 2.15. The fraction of sp³-hybridized carbons (Fsp3) is 0. The number of fused-ring (bicyclic) bond motifs is 3. The summed E-state index contributed by atoms with van der Waals surface area (Å²) < 4.78 is 17.0. The van der Waals surface area contributed by atoms with Crippen molar-refractivity contribution in [3.63, 3.8) is 0 Å². The van der Waals surface area contributed by atoms with E-state index in [1.165, 1.54) is 17.0 Å². The van der Waals surface area contributed by atoms with Gasteiger partial charge in [-0.05, 0) is 24.3 Å². The monoisotopic (exact) mass is 280 g/mol. The average molecular weight is 280 g/mol. The number of nitrogens with zero attached hydrogens (tertiary/aromatic N) is 4. The van der Waals surface area contributed by atoms with Gasteiger partial charge >= 0.3 is 0 Å². The summed E-state index contributed by atoms with van der Waals surface area (Å²) in [5.41, 5.74) is 0.526. The number of para-hydroxylation sites is 2. The van der Waals surface area contributed by atoms with Gasteiger partial charge in [-0.2, -0.15) is 0 Å². The largest absolute Gasteiger partial charge is 0.268 e. The number of rotatable bonds is 1. The second-order valence-electron chi connectivity index (χ2n) is 4.61. The molecule has 4 aromatic rings. The fourth-order valence-corrected chi connectivity index (χ4v) is 2.48. The Balaban J connectivity index is 2.27. The highest BCUT2D eigenvalue weighted by Crippen LogP contribution is 2.17. The Labute approximate surface area is 117 Å². The van der Waals surface area contributed by atoms with Crippen molar-refractivity contribution in [1.82, 2.24) is 19.2 Å². The van der Waals surface area contributed by atoms with Crippen LogP contribution in [0.3, 0.4) is 0 Å². The van der Waals surface area contributed by atoms with E-state index >= 15 is 0 Å². The molecule has 102 valence electrons. The van der Waals surface area contributed by atoms with Gasteiger partial charge < -0.3 is 0 Å². The number of hydrogen-bond donors (Lipinski definition) is 0. The van der Waals surface area contributed by atoms with E-state index in [0.29, 0.717) is 10.9 Å². The number of aromatic nitrogens is 4.